The zero-order valence-electron chi connectivity index (χ0n) is 12.1. The fraction of sp³-hybridized carbons (Fsp3) is 0.429. The van der Waals surface area contributed by atoms with Gasteiger partial charge in [-0.2, -0.15) is 5.10 Å². The van der Waals surface area contributed by atoms with E-state index in [1.54, 1.807) is 11.3 Å². The molecule has 0 aliphatic carbocycles. The van der Waals surface area contributed by atoms with E-state index in [-0.39, 0.29) is 0 Å². The molecular weight excluding hydrogens is 298 g/mol. The summed E-state index contributed by atoms with van der Waals surface area (Å²) in [7, 11) is 0. The summed E-state index contributed by atoms with van der Waals surface area (Å²) >= 11 is 1.61. The average Bonchev–Trinajstić information content (AvgIpc) is 3.27. The van der Waals surface area contributed by atoms with E-state index < -0.39 is 0 Å². The second-order valence-electron chi connectivity index (χ2n) is 5.40. The molecule has 0 fully saturated rings. The molecule has 0 atom stereocenters. The van der Waals surface area contributed by atoms with E-state index in [1.165, 1.54) is 12.8 Å². The van der Waals surface area contributed by atoms with Crippen LogP contribution < -0.4 is 5.32 Å². The minimum absolute atomic E-state index is 0.658. The van der Waals surface area contributed by atoms with Gasteiger partial charge in [0.05, 0.1) is 29.6 Å². The van der Waals surface area contributed by atoms with Gasteiger partial charge in [-0.1, -0.05) is 0 Å². The number of fused-ring (bicyclic) bond motifs is 1. The Labute approximate surface area is 132 Å². The maximum Gasteiger partial charge on any atom is 0.154 e. The first-order valence-electron chi connectivity index (χ1n) is 7.43. The minimum atomic E-state index is 0.658. The zero-order chi connectivity index (χ0) is 14.8. The highest BCUT2D eigenvalue weighted by Crippen LogP contribution is 2.15. The van der Waals surface area contributed by atoms with E-state index in [1.807, 2.05) is 28.0 Å². The van der Waals surface area contributed by atoms with Gasteiger partial charge in [-0.3, -0.25) is 4.68 Å². The van der Waals surface area contributed by atoms with Crippen LogP contribution in [0.3, 0.4) is 0 Å². The summed E-state index contributed by atoms with van der Waals surface area (Å²) in [5, 5.41) is 18.4. The van der Waals surface area contributed by atoms with Gasteiger partial charge in [0.25, 0.3) is 0 Å². The maximum absolute atomic E-state index is 4.40. The average molecular weight is 315 g/mol. The van der Waals surface area contributed by atoms with E-state index in [4.69, 9.17) is 0 Å². The molecule has 0 saturated carbocycles. The van der Waals surface area contributed by atoms with Crippen molar-refractivity contribution in [3.8, 4) is 0 Å². The molecule has 0 saturated heterocycles. The molecule has 1 N–H and O–H groups in total. The number of aromatic nitrogens is 6. The van der Waals surface area contributed by atoms with Crippen molar-refractivity contribution in [1.82, 2.24) is 29.5 Å². The molecule has 1 aliphatic rings. The highest BCUT2D eigenvalue weighted by Gasteiger charge is 2.16. The topological polar surface area (TPSA) is 73.5 Å². The number of hydrogen-bond donors (Lipinski definition) is 1. The monoisotopic (exact) mass is 315 g/mol. The fourth-order valence-electron chi connectivity index (χ4n) is 2.69. The Bertz CT molecular complexity index is 743. The second-order valence-corrected chi connectivity index (χ2v) is 6.12. The third-order valence-corrected chi connectivity index (χ3v) is 4.47. The third-order valence-electron chi connectivity index (χ3n) is 3.83. The molecule has 0 radical (unpaired) electrons. The first-order valence-corrected chi connectivity index (χ1v) is 8.37. The Morgan fingerprint density at radius 1 is 1.27 bits per heavy atom. The molecule has 0 aromatic carbocycles. The van der Waals surface area contributed by atoms with Crippen molar-refractivity contribution in [2.45, 2.75) is 38.9 Å². The molecule has 114 valence electrons. The highest BCUT2D eigenvalue weighted by atomic mass is 32.1. The lowest BCUT2D eigenvalue weighted by Gasteiger charge is -2.14. The summed E-state index contributed by atoms with van der Waals surface area (Å²) in [4.78, 5) is 4.25. The SMILES string of the molecule is c1nc(CNc2cnn(Cc3nnc4n3CCCC4)c2)cs1. The first kappa shape index (κ1) is 13.4. The molecule has 0 amide bonds. The molecule has 1 aliphatic heterocycles. The number of hydrogen-bond acceptors (Lipinski definition) is 6. The lowest BCUT2D eigenvalue weighted by atomic mass is 10.2. The van der Waals surface area contributed by atoms with Crippen molar-refractivity contribution in [2.75, 3.05) is 5.32 Å². The van der Waals surface area contributed by atoms with E-state index in [2.05, 4.69) is 30.2 Å². The number of rotatable bonds is 5. The summed E-state index contributed by atoms with van der Waals surface area (Å²) in [6.07, 6.45) is 7.28. The predicted octanol–water partition coefficient (Wildman–Crippen LogP) is 1.93. The van der Waals surface area contributed by atoms with Crippen molar-refractivity contribution in [2.24, 2.45) is 0 Å². The summed E-state index contributed by atoms with van der Waals surface area (Å²) in [5.41, 5.74) is 3.88. The highest BCUT2D eigenvalue weighted by molar-refractivity contribution is 7.07. The van der Waals surface area contributed by atoms with Crippen LogP contribution in [-0.4, -0.2) is 29.5 Å². The third kappa shape index (κ3) is 2.74. The van der Waals surface area contributed by atoms with Gasteiger partial charge in [0.2, 0.25) is 0 Å². The largest absolute Gasteiger partial charge is 0.377 e. The molecule has 3 aromatic rings. The molecule has 8 heteroatoms. The molecule has 4 rings (SSSR count). The predicted molar refractivity (Wildman–Crippen MR) is 83.7 cm³/mol. The van der Waals surface area contributed by atoms with E-state index in [0.29, 0.717) is 6.54 Å². The van der Waals surface area contributed by atoms with Gasteiger partial charge < -0.3 is 9.88 Å². The van der Waals surface area contributed by atoms with Crippen LogP contribution in [0, 0.1) is 0 Å². The summed E-state index contributed by atoms with van der Waals surface area (Å²) in [5.74, 6) is 2.10. The number of anilines is 1. The summed E-state index contributed by atoms with van der Waals surface area (Å²) in [6, 6.07) is 0. The van der Waals surface area contributed by atoms with Gasteiger partial charge in [0.1, 0.15) is 12.4 Å². The molecule has 7 nitrogen and oxygen atoms in total. The summed E-state index contributed by atoms with van der Waals surface area (Å²) < 4.78 is 4.13. The van der Waals surface area contributed by atoms with Crippen molar-refractivity contribution < 1.29 is 0 Å². The van der Waals surface area contributed by atoms with Crippen LogP contribution in [-0.2, 0) is 26.1 Å². The van der Waals surface area contributed by atoms with Crippen molar-refractivity contribution in [3.05, 3.63) is 40.6 Å². The van der Waals surface area contributed by atoms with Gasteiger partial charge in [-0.25, -0.2) is 4.98 Å². The lowest BCUT2D eigenvalue weighted by molar-refractivity contribution is 0.496. The molecular formula is C14H17N7S. The Balaban J connectivity index is 1.42. The minimum Gasteiger partial charge on any atom is -0.377 e. The fourth-order valence-corrected chi connectivity index (χ4v) is 3.25. The zero-order valence-corrected chi connectivity index (χ0v) is 13.0. The number of nitrogens with one attached hydrogen (secondary N) is 1. The number of nitrogens with zero attached hydrogens (tertiary/aromatic N) is 6. The van der Waals surface area contributed by atoms with Crippen LogP contribution in [0.5, 0.6) is 0 Å². The Morgan fingerprint density at radius 2 is 2.27 bits per heavy atom. The van der Waals surface area contributed by atoms with Crippen molar-refractivity contribution in [3.63, 3.8) is 0 Å². The Morgan fingerprint density at radius 3 is 3.18 bits per heavy atom. The van der Waals surface area contributed by atoms with E-state index in [0.717, 1.165) is 42.5 Å². The maximum atomic E-state index is 4.40. The van der Waals surface area contributed by atoms with E-state index in [9.17, 15) is 0 Å². The van der Waals surface area contributed by atoms with Gasteiger partial charge >= 0.3 is 0 Å². The van der Waals surface area contributed by atoms with E-state index >= 15 is 0 Å². The lowest BCUT2D eigenvalue weighted by Crippen LogP contribution is -2.15. The molecule has 4 heterocycles. The normalized spacial score (nSPS) is 14.0. The van der Waals surface area contributed by atoms with Gasteiger partial charge in [-0.05, 0) is 12.8 Å². The molecule has 22 heavy (non-hydrogen) atoms. The number of thiazole rings is 1. The van der Waals surface area contributed by atoms with Crippen LogP contribution in [0.25, 0.3) is 0 Å². The van der Waals surface area contributed by atoms with Crippen molar-refractivity contribution in [1.29, 1.82) is 0 Å². The second kappa shape index (κ2) is 5.88. The first-order chi connectivity index (χ1) is 10.9. The molecule has 0 unspecified atom stereocenters. The Hall–Kier alpha value is -2.22. The summed E-state index contributed by atoms with van der Waals surface area (Å²) in [6.45, 7) is 2.40. The van der Waals surface area contributed by atoms with Gasteiger partial charge in [-0.15, -0.1) is 21.5 Å². The van der Waals surface area contributed by atoms with Crippen LogP contribution in [0.4, 0.5) is 5.69 Å². The molecule has 0 spiro atoms. The number of aryl methyl sites for hydroxylation is 1. The van der Waals surface area contributed by atoms with Crippen LogP contribution >= 0.6 is 11.3 Å². The quantitative estimate of drug-likeness (QED) is 0.779. The van der Waals surface area contributed by atoms with Gasteiger partial charge in [0, 0.05) is 24.5 Å². The molecule has 0 bridgehead atoms. The van der Waals surface area contributed by atoms with Crippen LogP contribution in [0.1, 0.15) is 30.2 Å². The Kier molecular flexibility index (Phi) is 3.59. The van der Waals surface area contributed by atoms with Crippen LogP contribution in [0.15, 0.2) is 23.3 Å². The smallest absolute Gasteiger partial charge is 0.154 e. The van der Waals surface area contributed by atoms with Crippen molar-refractivity contribution >= 4 is 17.0 Å². The molecule has 3 aromatic heterocycles. The van der Waals surface area contributed by atoms with Gasteiger partial charge in [0.15, 0.2) is 5.82 Å². The van der Waals surface area contributed by atoms with Crippen LogP contribution in [0.2, 0.25) is 0 Å². The standard InChI is InChI=1S/C14H17N7S/c1-2-4-21-13(3-1)18-19-14(21)8-20-7-11(6-17-20)15-5-12-9-22-10-16-12/h6-7,9-10,15H,1-5,8H2.